The molecule has 0 saturated carbocycles. The summed E-state index contributed by atoms with van der Waals surface area (Å²) in [6.45, 7) is 1.96. The largest absolute Gasteiger partial charge is 0.481 e. The maximum absolute atomic E-state index is 12.0. The summed E-state index contributed by atoms with van der Waals surface area (Å²) in [5.74, 6) is -0.793. The first kappa shape index (κ1) is 16.5. The van der Waals surface area contributed by atoms with Crippen LogP contribution < -0.4 is 0 Å². The molecule has 20 heavy (non-hydrogen) atoms. The van der Waals surface area contributed by atoms with Gasteiger partial charge in [0.25, 0.3) is 0 Å². The van der Waals surface area contributed by atoms with Crippen molar-refractivity contribution in [2.45, 2.75) is 38.6 Å². The van der Waals surface area contributed by atoms with Crippen LogP contribution in [-0.4, -0.2) is 28.9 Å². The van der Waals surface area contributed by atoms with Gasteiger partial charge in [-0.25, -0.2) is 0 Å². The highest BCUT2D eigenvalue weighted by molar-refractivity contribution is 6.30. The van der Waals surface area contributed by atoms with E-state index in [4.69, 9.17) is 16.7 Å². The van der Waals surface area contributed by atoms with Crippen LogP contribution in [0.4, 0.5) is 0 Å². The zero-order valence-corrected chi connectivity index (χ0v) is 12.6. The van der Waals surface area contributed by atoms with E-state index in [-0.39, 0.29) is 18.4 Å². The Kier molecular flexibility index (Phi) is 6.52. The van der Waals surface area contributed by atoms with E-state index >= 15 is 0 Å². The average Bonchev–Trinajstić information content (AvgIpc) is 2.42. The molecular weight excluding hydrogens is 278 g/mol. The molecule has 0 fully saturated rings. The average molecular weight is 298 g/mol. The third-order valence-corrected chi connectivity index (χ3v) is 3.61. The van der Waals surface area contributed by atoms with Crippen LogP contribution >= 0.6 is 11.6 Å². The summed E-state index contributed by atoms with van der Waals surface area (Å²) in [5.41, 5.74) is 1.02. The van der Waals surface area contributed by atoms with Gasteiger partial charge in [0.2, 0.25) is 5.91 Å². The number of carboxylic acid groups (broad SMARTS) is 1. The van der Waals surface area contributed by atoms with Gasteiger partial charge in [-0.2, -0.15) is 0 Å². The van der Waals surface area contributed by atoms with E-state index in [2.05, 4.69) is 0 Å². The monoisotopic (exact) mass is 297 g/mol. The fourth-order valence-corrected chi connectivity index (χ4v) is 2.04. The van der Waals surface area contributed by atoms with Crippen LogP contribution in [-0.2, 0) is 9.59 Å². The molecule has 1 amide bonds. The Hall–Kier alpha value is -1.55. The normalized spacial score (nSPS) is 11.9. The van der Waals surface area contributed by atoms with Crippen molar-refractivity contribution >= 4 is 23.5 Å². The number of carboxylic acids is 1. The van der Waals surface area contributed by atoms with E-state index in [1.807, 2.05) is 19.1 Å². The maximum Gasteiger partial charge on any atom is 0.303 e. The number of amides is 1. The first-order valence-electron chi connectivity index (χ1n) is 6.64. The van der Waals surface area contributed by atoms with Gasteiger partial charge in [0.05, 0.1) is 6.04 Å². The summed E-state index contributed by atoms with van der Waals surface area (Å²) in [6, 6.07) is 7.39. The van der Waals surface area contributed by atoms with E-state index in [0.29, 0.717) is 24.3 Å². The van der Waals surface area contributed by atoms with Crippen molar-refractivity contribution in [2.24, 2.45) is 0 Å². The summed E-state index contributed by atoms with van der Waals surface area (Å²) in [5, 5.41) is 9.21. The molecule has 110 valence electrons. The molecule has 1 rings (SSSR count). The Morgan fingerprint density at radius 3 is 2.30 bits per heavy atom. The minimum atomic E-state index is -0.819. The van der Waals surface area contributed by atoms with Gasteiger partial charge in [0, 0.05) is 24.9 Å². The van der Waals surface area contributed by atoms with Crippen molar-refractivity contribution in [3.63, 3.8) is 0 Å². The molecule has 1 atom stereocenters. The topological polar surface area (TPSA) is 57.6 Å². The molecule has 1 N–H and O–H groups in total. The van der Waals surface area contributed by atoms with E-state index in [1.165, 1.54) is 0 Å². The third-order valence-electron chi connectivity index (χ3n) is 3.36. The van der Waals surface area contributed by atoms with E-state index < -0.39 is 5.97 Å². The quantitative estimate of drug-likeness (QED) is 0.784. The number of carbonyl (C=O) groups excluding carboxylic acids is 1. The van der Waals surface area contributed by atoms with Crippen LogP contribution in [0.1, 0.15) is 44.2 Å². The molecular formula is C15H20ClNO3. The van der Waals surface area contributed by atoms with Crippen LogP contribution in [0, 0.1) is 0 Å². The minimum Gasteiger partial charge on any atom is -0.481 e. The zero-order chi connectivity index (χ0) is 15.1. The van der Waals surface area contributed by atoms with Crippen molar-refractivity contribution in [1.82, 2.24) is 4.90 Å². The van der Waals surface area contributed by atoms with Crippen LogP contribution in [0.25, 0.3) is 0 Å². The molecule has 1 unspecified atom stereocenters. The summed E-state index contributed by atoms with van der Waals surface area (Å²) < 4.78 is 0. The highest BCUT2D eigenvalue weighted by Gasteiger charge is 2.16. The Labute approximate surface area is 124 Å². The molecule has 0 aliphatic heterocycles. The Morgan fingerprint density at radius 1 is 1.20 bits per heavy atom. The van der Waals surface area contributed by atoms with Gasteiger partial charge in [-0.15, -0.1) is 0 Å². The molecule has 1 aromatic carbocycles. The molecule has 0 spiro atoms. The lowest BCUT2D eigenvalue weighted by Gasteiger charge is -2.25. The first-order chi connectivity index (χ1) is 9.41. The van der Waals surface area contributed by atoms with Crippen LogP contribution in [0.2, 0.25) is 5.02 Å². The van der Waals surface area contributed by atoms with Crippen molar-refractivity contribution < 1.29 is 14.7 Å². The number of carbonyl (C=O) groups is 2. The summed E-state index contributed by atoms with van der Waals surface area (Å²) >= 11 is 5.84. The maximum atomic E-state index is 12.0. The van der Waals surface area contributed by atoms with Crippen LogP contribution in [0.3, 0.4) is 0 Å². The lowest BCUT2D eigenvalue weighted by Crippen LogP contribution is -2.29. The molecule has 1 aromatic rings. The van der Waals surface area contributed by atoms with Gasteiger partial charge in [0.15, 0.2) is 0 Å². The minimum absolute atomic E-state index is 0.0258. The van der Waals surface area contributed by atoms with E-state index in [0.717, 1.165) is 5.56 Å². The molecule has 5 heteroatoms. The van der Waals surface area contributed by atoms with E-state index in [9.17, 15) is 9.59 Å². The van der Waals surface area contributed by atoms with Crippen LogP contribution in [0.5, 0.6) is 0 Å². The fourth-order valence-electron chi connectivity index (χ4n) is 1.91. The first-order valence-corrected chi connectivity index (χ1v) is 7.02. The number of nitrogens with zero attached hydrogens (tertiary/aromatic N) is 1. The number of benzene rings is 1. The highest BCUT2D eigenvalue weighted by Crippen LogP contribution is 2.21. The predicted octanol–water partition coefficient (Wildman–Crippen LogP) is 3.50. The lowest BCUT2D eigenvalue weighted by atomic mass is 10.1. The summed E-state index contributed by atoms with van der Waals surface area (Å²) in [4.78, 5) is 24.1. The second-order valence-electron chi connectivity index (χ2n) is 4.83. The zero-order valence-electron chi connectivity index (χ0n) is 11.8. The second kappa shape index (κ2) is 7.90. The highest BCUT2D eigenvalue weighted by atomic mass is 35.5. The number of hydrogen-bond donors (Lipinski definition) is 1. The summed E-state index contributed by atoms with van der Waals surface area (Å²) in [6.07, 6.45) is 1.62. The van der Waals surface area contributed by atoms with Gasteiger partial charge in [-0.05, 0) is 37.5 Å². The van der Waals surface area contributed by atoms with Crippen molar-refractivity contribution in [3.05, 3.63) is 34.9 Å². The summed E-state index contributed by atoms with van der Waals surface area (Å²) in [7, 11) is 1.76. The number of unbranched alkanes of at least 4 members (excludes halogenated alkanes) is 1. The lowest BCUT2D eigenvalue weighted by molar-refractivity contribution is -0.137. The molecule has 0 radical (unpaired) electrons. The molecule has 0 aromatic heterocycles. The third kappa shape index (κ3) is 5.21. The standard InChI is InChI=1S/C15H20ClNO3/c1-11(12-7-9-13(16)10-8-12)17(2)14(18)5-3-4-6-15(19)20/h7-11H,3-6H2,1-2H3,(H,19,20). The van der Waals surface area contributed by atoms with Gasteiger partial charge in [-0.3, -0.25) is 9.59 Å². The smallest absolute Gasteiger partial charge is 0.303 e. The van der Waals surface area contributed by atoms with Gasteiger partial charge in [0.1, 0.15) is 0 Å². The Morgan fingerprint density at radius 2 is 1.75 bits per heavy atom. The van der Waals surface area contributed by atoms with Crippen molar-refractivity contribution in [1.29, 1.82) is 0 Å². The predicted molar refractivity (Wildman–Crippen MR) is 78.7 cm³/mol. The van der Waals surface area contributed by atoms with Crippen molar-refractivity contribution in [3.8, 4) is 0 Å². The van der Waals surface area contributed by atoms with Gasteiger partial charge in [-0.1, -0.05) is 23.7 Å². The van der Waals surface area contributed by atoms with E-state index in [1.54, 1.807) is 24.1 Å². The number of aliphatic carboxylic acids is 1. The SMILES string of the molecule is CC(c1ccc(Cl)cc1)N(C)C(=O)CCCCC(=O)O. The van der Waals surface area contributed by atoms with Gasteiger partial charge < -0.3 is 10.0 Å². The fraction of sp³-hybridized carbons (Fsp3) is 0.467. The Balaban J connectivity index is 2.47. The Bertz CT molecular complexity index is 459. The second-order valence-corrected chi connectivity index (χ2v) is 5.27. The molecule has 4 nitrogen and oxygen atoms in total. The molecule has 0 saturated heterocycles. The molecule has 0 aliphatic carbocycles. The molecule has 0 heterocycles. The van der Waals surface area contributed by atoms with Crippen LogP contribution in [0.15, 0.2) is 24.3 Å². The molecule has 0 aliphatic rings. The van der Waals surface area contributed by atoms with Crippen molar-refractivity contribution in [2.75, 3.05) is 7.05 Å². The number of halogens is 1. The molecule has 0 bridgehead atoms. The number of rotatable bonds is 7. The number of hydrogen-bond acceptors (Lipinski definition) is 2. The van der Waals surface area contributed by atoms with Gasteiger partial charge >= 0.3 is 5.97 Å².